The molecule has 3 rings (SSSR count). The first-order chi connectivity index (χ1) is 11.1. The molecule has 1 amide bonds. The molecule has 0 saturated carbocycles. The summed E-state index contributed by atoms with van der Waals surface area (Å²) >= 11 is 0. The predicted octanol–water partition coefficient (Wildman–Crippen LogP) is 1.58. The second-order valence-corrected chi connectivity index (χ2v) is 6.13. The van der Waals surface area contributed by atoms with Gasteiger partial charge in [0.2, 0.25) is 0 Å². The maximum Gasteiger partial charge on any atom is 0.270 e. The van der Waals surface area contributed by atoms with Gasteiger partial charge in [0.15, 0.2) is 0 Å². The van der Waals surface area contributed by atoms with Crippen LogP contribution < -0.4 is 4.74 Å². The van der Waals surface area contributed by atoms with Crippen LogP contribution >= 0.6 is 0 Å². The van der Waals surface area contributed by atoms with Crippen LogP contribution in [0.2, 0.25) is 0 Å². The number of amides is 1. The number of aromatic nitrogens is 1. The Labute approximate surface area is 136 Å². The number of carbonyl (C=O) groups excluding carboxylic acids is 1. The van der Waals surface area contributed by atoms with Gasteiger partial charge in [-0.2, -0.15) is 0 Å². The minimum Gasteiger partial charge on any atom is -0.497 e. The quantitative estimate of drug-likeness (QED) is 0.930. The monoisotopic (exact) mass is 317 g/mol. The van der Waals surface area contributed by atoms with Crippen LogP contribution in [0.5, 0.6) is 5.75 Å². The highest BCUT2D eigenvalue weighted by Gasteiger charge is 2.29. The minimum absolute atomic E-state index is 0.0234. The molecular formula is C17H23N3O3. The fraction of sp³-hybridized carbons (Fsp3) is 0.471. The molecule has 124 valence electrons. The zero-order valence-corrected chi connectivity index (χ0v) is 13.8. The lowest BCUT2D eigenvalue weighted by Gasteiger charge is -2.36. The van der Waals surface area contributed by atoms with E-state index in [9.17, 15) is 4.79 Å². The Morgan fingerprint density at radius 1 is 1.43 bits per heavy atom. The van der Waals surface area contributed by atoms with E-state index in [-0.39, 0.29) is 11.9 Å². The number of nitrogens with one attached hydrogen (secondary N) is 1. The molecule has 1 saturated heterocycles. The van der Waals surface area contributed by atoms with Gasteiger partial charge in [-0.05, 0) is 32.3 Å². The number of hydrogen-bond donors (Lipinski definition) is 1. The number of nitrogens with zero attached hydrogens (tertiary/aromatic N) is 2. The number of benzene rings is 1. The van der Waals surface area contributed by atoms with Crippen LogP contribution in [0, 0.1) is 0 Å². The highest BCUT2D eigenvalue weighted by Crippen LogP contribution is 2.22. The van der Waals surface area contributed by atoms with E-state index in [1.54, 1.807) is 7.11 Å². The lowest BCUT2D eigenvalue weighted by atomic mass is 10.2. The summed E-state index contributed by atoms with van der Waals surface area (Å²) in [6.45, 7) is 2.58. The first kappa shape index (κ1) is 15.8. The molecule has 0 bridgehead atoms. The first-order valence-electron chi connectivity index (χ1n) is 7.78. The third-order valence-electron chi connectivity index (χ3n) is 4.12. The van der Waals surface area contributed by atoms with Gasteiger partial charge in [-0.25, -0.2) is 0 Å². The summed E-state index contributed by atoms with van der Waals surface area (Å²) in [6, 6.07) is 7.74. The van der Waals surface area contributed by atoms with Crippen molar-refractivity contribution >= 4 is 16.8 Å². The van der Waals surface area contributed by atoms with Crippen molar-refractivity contribution in [3.05, 3.63) is 30.0 Å². The van der Waals surface area contributed by atoms with E-state index in [4.69, 9.17) is 9.47 Å². The van der Waals surface area contributed by atoms with Gasteiger partial charge >= 0.3 is 0 Å². The van der Waals surface area contributed by atoms with Crippen LogP contribution in [0.15, 0.2) is 24.3 Å². The summed E-state index contributed by atoms with van der Waals surface area (Å²) in [5.74, 6) is 0.797. The second kappa shape index (κ2) is 6.60. The average Bonchev–Trinajstić information content (AvgIpc) is 2.97. The number of aromatic amines is 1. The molecule has 0 radical (unpaired) electrons. The molecule has 0 unspecified atom stereocenters. The van der Waals surface area contributed by atoms with Crippen molar-refractivity contribution in [1.82, 2.24) is 14.8 Å². The third kappa shape index (κ3) is 3.33. The van der Waals surface area contributed by atoms with E-state index >= 15 is 0 Å². The zero-order chi connectivity index (χ0) is 16.4. The molecule has 1 aliphatic heterocycles. The highest BCUT2D eigenvalue weighted by atomic mass is 16.5. The lowest BCUT2D eigenvalue weighted by Crippen LogP contribution is -2.52. The van der Waals surface area contributed by atoms with Gasteiger partial charge in [0.05, 0.1) is 26.4 Å². The zero-order valence-electron chi connectivity index (χ0n) is 13.8. The van der Waals surface area contributed by atoms with Gasteiger partial charge in [-0.3, -0.25) is 4.79 Å². The molecule has 2 heterocycles. The summed E-state index contributed by atoms with van der Waals surface area (Å²) in [5.41, 5.74) is 1.52. The number of fused-ring (bicyclic) bond motifs is 1. The van der Waals surface area contributed by atoms with E-state index < -0.39 is 0 Å². The highest BCUT2D eigenvalue weighted by molar-refractivity contribution is 5.98. The maximum atomic E-state index is 12.9. The Morgan fingerprint density at radius 2 is 2.26 bits per heavy atom. The fourth-order valence-electron chi connectivity index (χ4n) is 3.00. The molecule has 1 aromatic carbocycles. The van der Waals surface area contributed by atoms with Crippen LogP contribution in [0.25, 0.3) is 10.9 Å². The number of likely N-dealkylation sites (N-methyl/N-ethyl adjacent to an activating group) is 1. The molecule has 1 fully saturated rings. The van der Waals surface area contributed by atoms with E-state index in [1.165, 1.54) is 0 Å². The van der Waals surface area contributed by atoms with Gasteiger partial charge in [-0.1, -0.05) is 0 Å². The third-order valence-corrected chi connectivity index (χ3v) is 4.12. The van der Waals surface area contributed by atoms with Crippen molar-refractivity contribution < 1.29 is 14.3 Å². The maximum absolute atomic E-state index is 12.9. The van der Waals surface area contributed by atoms with Crippen LogP contribution in [-0.4, -0.2) is 74.2 Å². The Morgan fingerprint density at radius 3 is 3.00 bits per heavy atom. The largest absolute Gasteiger partial charge is 0.497 e. The fourth-order valence-corrected chi connectivity index (χ4v) is 3.00. The van der Waals surface area contributed by atoms with Crippen molar-refractivity contribution in [3.8, 4) is 5.75 Å². The number of rotatable bonds is 4. The van der Waals surface area contributed by atoms with Gasteiger partial charge < -0.3 is 24.3 Å². The number of morpholine rings is 1. The van der Waals surface area contributed by atoms with Gasteiger partial charge in [0, 0.05) is 30.1 Å². The Kier molecular flexibility index (Phi) is 4.54. The summed E-state index contributed by atoms with van der Waals surface area (Å²) in [6.07, 6.45) is 0. The van der Waals surface area contributed by atoms with E-state index in [2.05, 4.69) is 9.88 Å². The smallest absolute Gasteiger partial charge is 0.270 e. The van der Waals surface area contributed by atoms with Crippen LogP contribution in [0.1, 0.15) is 10.5 Å². The molecule has 0 spiro atoms. The van der Waals surface area contributed by atoms with Crippen molar-refractivity contribution in [2.45, 2.75) is 6.04 Å². The SMILES string of the molecule is COc1ccc2cc(C(=O)N3CCOC[C@@H]3CN(C)C)[nH]c2c1. The minimum atomic E-state index is 0.0234. The average molecular weight is 317 g/mol. The predicted molar refractivity (Wildman–Crippen MR) is 89.0 cm³/mol. The Balaban J connectivity index is 1.85. The number of carbonyl (C=O) groups is 1. The molecule has 1 aromatic heterocycles. The molecule has 1 N–H and O–H groups in total. The molecule has 6 nitrogen and oxygen atoms in total. The second-order valence-electron chi connectivity index (χ2n) is 6.13. The van der Waals surface area contributed by atoms with Crippen LogP contribution in [-0.2, 0) is 4.74 Å². The molecular weight excluding hydrogens is 294 g/mol. The number of methoxy groups -OCH3 is 1. The molecule has 1 atom stereocenters. The van der Waals surface area contributed by atoms with Crippen molar-refractivity contribution in [2.24, 2.45) is 0 Å². The first-order valence-corrected chi connectivity index (χ1v) is 7.78. The number of hydrogen-bond acceptors (Lipinski definition) is 4. The van der Waals surface area contributed by atoms with E-state index in [1.807, 2.05) is 43.3 Å². The normalized spacial score (nSPS) is 18.6. The lowest BCUT2D eigenvalue weighted by molar-refractivity contribution is -0.00854. The van der Waals surface area contributed by atoms with Crippen LogP contribution in [0.4, 0.5) is 0 Å². The topological polar surface area (TPSA) is 57.8 Å². The molecule has 0 aliphatic carbocycles. The summed E-state index contributed by atoms with van der Waals surface area (Å²) in [4.78, 5) is 20.1. The van der Waals surface area contributed by atoms with Gasteiger partial charge in [0.25, 0.3) is 5.91 Å². The molecule has 2 aromatic rings. The van der Waals surface area contributed by atoms with Gasteiger partial charge in [0.1, 0.15) is 11.4 Å². The summed E-state index contributed by atoms with van der Waals surface area (Å²) < 4.78 is 10.8. The Hall–Kier alpha value is -2.05. The van der Waals surface area contributed by atoms with Gasteiger partial charge in [-0.15, -0.1) is 0 Å². The molecule has 6 heteroatoms. The Bertz CT molecular complexity index is 695. The standard InChI is InChI=1S/C17H23N3O3/c1-19(2)10-13-11-23-7-6-20(13)17(21)16-8-12-4-5-14(22-3)9-15(12)18-16/h4-5,8-9,13,18H,6-7,10-11H2,1-3H3/t13-/m0/s1. The van der Waals surface area contributed by atoms with E-state index in [0.717, 1.165) is 23.2 Å². The molecule has 1 aliphatic rings. The van der Waals surface area contributed by atoms with Crippen molar-refractivity contribution in [3.63, 3.8) is 0 Å². The molecule has 23 heavy (non-hydrogen) atoms. The van der Waals surface area contributed by atoms with E-state index in [0.29, 0.717) is 25.5 Å². The summed E-state index contributed by atoms with van der Waals surface area (Å²) in [5, 5.41) is 1.01. The van der Waals surface area contributed by atoms with Crippen molar-refractivity contribution in [2.75, 3.05) is 47.5 Å². The van der Waals surface area contributed by atoms with Crippen molar-refractivity contribution in [1.29, 1.82) is 0 Å². The van der Waals surface area contributed by atoms with Crippen LogP contribution in [0.3, 0.4) is 0 Å². The number of ether oxygens (including phenoxy) is 2. The summed E-state index contributed by atoms with van der Waals surface area (Å²) in [7, 11) is 5.65. The number of H-pyrrole nitrogens is 1.